The molecule has 4 heterocycles. The molecule has 3 aromatic rings. The number of aryl methyl sites for hydroxylation is 1. The molecule has 0 bridgehead atoms. The zero-order valence-corrected chi connectivity index (χ0v) is 30.7. The van der Waals surface area contributed by atoms with Crippen molar-refractivity contribution in [3.05, 3.63) is 56.9 Å². The molecule has 2 aliphatic heterocycles. The number of primary amides is 1. The number of hydrogen-bond donors (Lipinski definition) is 4. The van der Waals surface area contributed by atoms with Gasteiger partial charge in [-0.2, -0.15) is 0 Å². The summed E-state index contributed by atoms with van der Waals surface area (Å²) in [6.45, 7) is 5.85. The molecular weight excluding hydrogens is 684 g/mol. The maximum Gasteiger partial charge on any atom is 0.415 e. The van der Waals surface area contributed by atoms with E-state index in [0.29, 0.717) is 29.7 Å². The second-order valence-electron chi connectivity index (χ2n) is 13.6. The zero-order chi connectivity index (χ0) is 38.4. The van der Waals surface area contributed by atoms with Crippen LogP contribution in [0, 0.1) is 0 Å². The van der Waals surface area contributed by atoms with Gasteiger partial charge in [0.15, 0.2) is 5.60 Å². The minimum absolute atomic E-state index is 0.0274. The molecule has 15 nitrogen and oxygen atoms in total. The Morgan fingerprint density at radius 1 is 1.09 bits per heavy atom. The molecule has 0 radical (unpaired) electrons. The summed E-state index contributed by atoms with van der Waals surface area (Å²) in [7, 11) is 1.51. The van der Waals surface area contributed by atoms with E-state index in [9.17, 15) is 33.9 Å². The van der Waals surface area contributed by atoms with Crippen molar-refractivity contribution >= 4 is 40.7 Å². The first kappa shape index (κ1) is 38.9. The first-order chi connectivity index (χ1) is 25.3. The summed E-state index contributed by atoms with van der Waals surface area (Å²) in [4.78, 5) is 82.1. The molecule has 0 fully saturated rings. The molecule has 0 saturated carbocycles. The van der Waals surface area contributed by atoms with Crippen LogP contribution in [0.1, 0.15) is 94.4 Å². The van der Waals surface area contributed by atoms with Crippen LogP contribution in [0.15, 0.2) is 29.1 Å². The van der Waals surface area contributed by atoms with Crippen LogP contribution in [-0.2, 0) is 49.1 Å². The monoisotopic (exact) mass is 732 g/mol. The summed E-state index contributed by atoms with van der Waals surface area (Å²) in [6.07, 6.45) is 4.62. The van der Waals surface area contributed by atoms with E-state index in [4.69, 9.17) is 20.2 Å². The summed E-state index contributed by atoms with van der Waals surface area (Å²) < 4.78 is 12.4. The molecule has 0 spiro atoms. The van der Waals surface area contributed by atoms with Crippen LogP contribution >= 0.6 is 0 Å². The van der Waals surface area contributed by atoms with E-state index in [1.807, 2.05) is 6.92 Å². The van der Waals surface area contributed by atoms with Gasteiger partial charge in [0.05, 0.1) is 35.4 Å². The standard InChI is InChI=1S/C38H48N6O9/c1-5-8-9-10-11-12-32(46)41-29(19-31(39)45)34(47)40-15-16-43(4)37(50)53-22-13-14-28-24(17-22)23(6-2)25-20-44-30(33(25)42-28)18-27-26(35(44)48)21-52-36(49)38(27,51)7-3/h13-14,17-18,29,51H,5-12,15-16,19-21H2,1-4H3,(H2,39,45)(H,40,47)(H,41,46)/t29-,38+/m1/s1. The van der Waals surface area contributed by atoms with Crippen molar-refractivity contribution in [3.63, 3.8) is 0 Å². The average molecular weight is 733 g/mol. The SMILES string of the molecule is CCCCCCCC(=O)N[C@H](CC(N)=O)C(=O)NCCN(C)C(=O)Oc1ccc2nc3c(c(CC)c2c1)Cn1c-3cc2c(c1=O)COC(=O)[C@]2(O)CC. The molecule has 5 N–H and O–H groups in total. The van der Waals surface area contributed by atoms with Gasteiger partial charge in [-0.15, -0.1) is 0 Å². The number of nitrogens with one attached hydrogen (secondary N) is 2. The fourth-order valence-electron chi connectivity index (χ4n) is 6.91. The number of ether oxygens (including phenoxy) is 2. The Labute approximate surface area is 307 Å². The maximum atomic E-state index is 13.6. The number of esters is 1. The summed E-state index contributed by atoms with van der Waals surface area (Å²) in [5, 5.41) is 17.2. The Morgan fingerprint density at radius 2 is 1.85 bits per heavy atom. The highest BCUT2D eigenvalue weighted by molar-refractivity contribution is 5.92. The van der Waals surface area contributed by atoms with Gasteiger partial charge in [-0.3, -0.25) is 19.2 Å². The number of carbonyl (C=O) groups excluding carboxylic acids is 5. The fraction of sp³-hybridized carbons (Fsp3) is 0.500. The minimum atomic E-state index is -1.93. The van der Waals surface area contributed by atoms with Crippen molar-refractivity contribution in [1.29, 1.82) is 0 Å². The van der Waals surface area contributed by atoms with Crippen LogP contribution in [0.4, 0.5) is 4.79 Å². The lowest BCUT2D eigenvalue weighted by Gasteiger charge is -2.31. The predicted octanol–water partition coefficient (Wildman–Crippen LogP) is 2.91. The number of unbranched alkanes of at least 4 members (excludes halogenated alkanes) is 4. The largest absolute Gasteiger partial charge is 0.458 e. The van der Waals surface area contributed by atoms with Gasteiger partial charge in [0.2, 0.25) is 17.7 Å². The number of aliphatic hydroxyl groups is 1. The molecular formula is C38H48N6O9. The van der Waals surface area contributed by atoms with E-state index in [1.54, 1.807) is 35.8 Å². The summed E-state index contributed by atoms with van der Waals surface area (Å²) >= 11 is 0. The molecule has 15 heteroatoms. The van der Waals surface area contributed by atoms with Crippen LogP contribution in [0.25, 0.3) is 22.3 Å². The first-order valence-corrected chi connectivity index (χ1v) is 18.2. The second-order valence-corrected chi connectivity index (χ2v) is 13.6. The lowest BCUT2D eigenvalue weighted by molar-refractivity contribution is -0.172. The van der Waals surface area contributed by atoms with Gasteiger partial charge in [0.1, 0.15) is 18.4 Å². The number of nitrogens with two attached hydrogens (primary N) is 1. The Morgan fingerprint density at radius 3 is 2.55 bits per heavy atom. The van der Waals surface area contributed by atoms with E-state index in [-0.39, 0.29) is 73.8 Å². The van der Waals surface area contributed by atoms with E-state index in [1.165, 1.54) is 11.9 Å². The molecule has 2 atom stereocenters. The number of pyridine rings is 2. The molecule has 284 valence electrons. The number of fused-ring (bicyclic) bond motifs is 5. The van der Waals surface area contributed by atoms with E-state index < -0.39 is 35.5 Å². The summed E-state index contributed by atoms with van der Waals surface area (Å²) in [5.41, 5.74) is 6.95. The van der Waals surface area contributed by atoms with E-state index >= 15 is 0 Å². The number of rotatable bonds is 16. The van der Waals surface area contributed by atoms with Gasteiger partial charge in [0.25, 0.3) is 5.56 Å². The Balaban J connectivity index is 1.24. The van der Waals surface area contributed by atoms with Gasteiger partial charge in [-0.25, -0.2) is 14.6 Å². The van der Waals surface area contributed by atoms with Gasteiger partial charge in [-0.05, 0) is 49.1 Å². The first-order valence-electron chi connectivity index (χ1n) is 18.2. The van der Waals surface area contributed by atoms with Crippen molar-refractivity contribution in [3.8, 4) is 17.1 Å². The van der Waals surface area contributed by atoms with Gasteiger partial charge < -0.3 is 40.4 Å². The Kier molecular flexibility index (Phi) is 12.2. The lowest BCUT2D eigenvalue weighted by Crippen LogP contribution is -2.50. The van der Waals surface area contributed by atoms with Crippen molar-refractivity contribution in [2.45, 2.75) is 103 Å². The summed E-state index contributed by atoms with van der Waals surface area (Å²) in [5.74, 6) is -2.17. The average Bonchev–Trinajstić information content (AvgIpc) is 3.50. The Bertz CT molecular complexity index is 1990. The zero-order valence-electron chi connectivity index (χ0n) is 30.7. The van der Waals surface area contributed by atoms with Gasteiger partial charge in [0, 0.05) is 43.1 Å². The van der Waals surface area contributed by atoms with Crippen LogP contribution < -0.4 is 26.7 Å². The van der Waals surface area contributed by atoms with Crippen molar-refractivity contribution in [2.75, 3.05) is 20.1 Å². The Hall–Kier alpha value is -5.31. The highest BCUT2D eigenvalue weighted by atomic mass is 16.6. The lowest BCUT2D eigenvalue weighted by atomic mass is 9.86. The molecule has 0 aliphatic carbocycles. The third-order valence-electron chi connectivity index (χ3n) is 9.96. The summed E-state index contributed by atoms with van der Waals surface area (Å²) in [6, 6.07) is 5.59. The second kappa shape index (κ2) is 16.6. The molecule has 53 heavy (non-hydrogen) atoms. The van der Waals surface area contributed by atoms with E-state index in [2.05, 4.69) is 17.6 Å². The maximum absolute atomic E-state index is 13.6. The highest BCUT2D eigenvalue weighted by Gasteiger charge is 2.45. The van der Waals surface area contributed by atoms with Crippen molar-refractivity contribution in [1.82, 2.24) is 25.1 Å². The normalized spacial score (nSPS) is 16.2. The molecule has 5 rings (SSSR count). The van der Waals surface area contributed by atoms with Crippen molar-refractivity contribution < 1.29 is 38.6 Å². The number of cyclic esters (lactones) is 1. The quantitative estimate of drug-likeness (QED) is 0.0977. The number of carbonyl (C=O) groups is 5. The topological polar surface area (TPSA) is 212 Å². The molecule has 0 unspecified atom stereocenters. The molecule has 4 amide bonds. The van der Waals surface area contributed by atoms with Crippen LogP contribution in [-0.4, -0.2) is 75.5 Å². The molecule has 0 saturated heterocycles. The number of aromatic nitrogens is 2. The smallest absolute Gasteiger partial charge is 0.415 e. The third-order valence-corrected chi connectivity index (χ3v) is 9.96. The highest BCUT2D eigenvalue weighted by Crippen LogP contribution is 2.40. The molecule has 2 aliphatic rings. The predicted molar refractivity (Wildman–Crippen MR) is 195 cm³/mol. The van der Waals surface area contributed by atoms with E-state index in [0.717, 1.165) is 42.2 Å². The van der Waals surface area contributed by atoms with Crippen LogP contribution in [0.3, 0.4) is 0 Å². The third kappa shape index (κ3) is 8.19. The molecule has 2 aromatic heterocycles. The van der Waals surface area contributed by atoms with Gasteiger partial charge in [-0.1, -0.05) is 46.5 Å². The minimum Gasteiger partial charge on any atom is -0.458 e. The number of hydrogen-bond acceptors (Lipinski definition) is 10. The number of benzene rings is 1. The number of likely N-dealkylation sites (N-methyl/N-ethyl adjacent to an activating group) is 1. The van der Waals surface area contributed by atoms with Crippen molar-refractivity contribution in [2.24, 2.45) is 5.73 Å². The number of amides is 4. The fourth-order valence-corrected chi connectivity index (χ4v) is 6.91. The van der Waals surface area contributed by atoms with Crippen LogP contribution in [0.2, 0.25) is 0 Å². The van der Waals surface area contributed by atoms with Crippen LogP contribution in [0.5, 0.6) is 5.75 Å². The number of nitrogens with zero attached hydrogens (tertiary/aromatic N) is 3. The molecule has 1 aromatic carbocycles. The van der Waals surface area contributed by atoms with Gasteiger partial charge >= 0.3 is 12.1 Å².